The van der Waals surface area contributed by atoms with Gasteiger partial charge in [-0.3, -0.25) is 19.2 Å². The number of carboxylic acids is 1. The van der Waals surface area contributed by atoms with Crippen molar-refractivity contribution in [2.24, 2.45) is 29.6 Å². The number of methoxy groups -OCH3 is 3. The molecule has 0 aromatic heterocycles. The molecule has 3 heterocycles. The van der Waals surface area contributed by atoms with Crippen molar-refractivity contribution in [2.75, 3.05) is 33.2 Å². The van der Waals surface area contributed by atoms with Crippen molar-refractivity contribution >= 4 is 64.0 Å². The molecule has 76 heavy (non-hydrogen) atoms. The minimum absolute atomic E-state index is 0.00988. The third-order valence-corrected chi connectivity index (χ3v) is 16.1. The Balaban J connectivity index is 0.000000468. The molecular weight excluding hydrogens is 1020 g/mol. The van der Waals surface area contributed by atoms with Gasteiger partial charge in [-0.25, -0.2) is 4.79 Å². The zero-order chi connectivity index (χ0) is 56.0. The monoisotopic (exact) mass is 1100 g/mol. The summed E-state index contributed by atoms with van der Waals surface area (Å²) in [5.74, 6) is -8.65. The molecule has 1 saturated carbocycles. The highest BCUT2D eigenvalue weighted by atomic mass is 35.5. The van der Waals surface area contributed by atoms with E-state index in [0.717, 1.165) is 5.57 Å². The van der Waals surface area contributed by atoms with Gasteiger partial charge in [-0.15, -0.1) is 6.58 Å². The summed E-state index contributed by atoms with van der Waals surface area (Å²) < 4.78 is 29.7. The Kier molecular flexibility index (Phi) is 23.7. The molecule has 18 heteroatoms. The predicted octanol–water partition coefficient (Wildman–Crippen LogP) is 9.00. The zero-order valence-corrected chi connectivity index (χ0v) is 46.8. The van der Waals surface area contributed by atoms with Crippen LogP contribution < -0.4 is 5.32 Å². The van der Waals surface area contributed by atoms with Crippen LogP contribution in [0.1, 0.15) is 111 Å². The van der Waals surface area contributed by atoms with Crippen LogP contribution in [0, 0.1) is 29.6 Å². The van der Waals surface area contributed by atoms with E-state index in [1.165, 1.54) is 19.1 Å². The standard InChI is InChI=1S/C44H69NO12.C14H11Cl2NO2/c1-10-13-31-19-25(2)18-26(3)20-37(54-8)40-38(55-9)22-28(5)44(52,57-40)41(49)42(50)45-17-12-11-14-32(45)43(51)56-39(29(6)34(47)24-35(31)48)27(4)21-30-15-16-33(46)36(23-30)53-7;15-10-5-3-6-11(16)14(10)17-12-7-2-1-4-9(12)8-13(18)19/h10,19,21,26,28-34,36-40,46-47,52H,1,11-18,20,22-24H2,2-9H3;1-7,17H,8H2,(H,18,19)/b25-19+,27-21+;/t26-,28+,29+,30-,31+,32-,33+,34-,36+,37-,38-,39+,40+,44+;/m0./s1. The number of Topliss-reactive ketones (excluding diaryl/α,β-unsaturated/α-hetero) is 2. The fourth-order valence-corrected chi connectivity index (χ4v) is 11.6. The first-order valence-corrected chi connectivity index (χ1v) is 27.2. The first-order valence-electron chi connectivity index (χ1n) is 26.5. The van der Waals surface area contributed by atoms with E-state index in [2.05, 4.69) is 11.9 Å². The maximum atomic E-state index is 14.3. The van der Waals surface area contributed by atoms with Gasteiger partial charge >= 0.3 is 11.9 Å². The lowest BCUT2D eigenvalue weighted by atomic mass is 9.81. The zero-order valence-electron chi connectivity index (χ0n) is 45.3. The fourth-order valence-electron chi connectivity index (χ4n) is 11.1. The number of benzene rings is 2. The molecule has 14 atom stereocenters. The van der Waals surface area contributed by atoms with Crippen molar-refractivity contribution in [3.63, 3.8) is 0 Å². The lowest BCUT2D eigenvalue weighted by molar-refractivity contribution is -0.302. The smallest absolute Gasteiger partial charge is 0.329 e. The van der Waals surface area contributed by atoms with Crippen molar-refractivity contribution in [1.82, 2.24) is 4.90 Å². The van der Waals surface area contributed by atoms with Gasteiger partial charge in [0, 0.05) is 57.7 Å². The maximum Gasteiger partial charge on any atom is 0.329 e. The molecule has 0 unspecified atom stereocenters. The Labute approximate surface area is 458 Å². The minimum atomic E-state index is -2.51. The number of allylic oxidation sites excluding steroid dienone is 4. The Morgan fingerprint density at radius 2 is 1.54 bits per heavy atom. The summed E-state index contributed by atoms with van der Waals surface area (Å²) in [5.41, 5.74) is 3.53. The molecule has 4 aliphatic rings. The summed E-state index contributed by atoms with van der Waals surface area (Å²) in [5, 5.41) is 47.1. The number of carbonyl (C=O) groups is 5. The number of ether oxygens (including phenoxy) is 5. The SMILES string of the molecule is C=CC[C@@H]1/C=C(\C)C[C@H](C)C[C@H](OC)[C@H]2O[C@@](O)(C(=O)C(=O)N3CCCC[C@H]3C(=O)O[C@H](/C(C)=C/[C@@H]3CC[C@@H](O)[C@H](OC)C3)[C@H](C)[C@@H](O)CC1=O)[C@H](C)C[C@@H]2OC.O=C(O)Cc1ccccc1Nc1c(Cl)cccc1Cl. The predicted molar refractivity (Wildman–Crippen MR) is 290 cm³/mol. The van der Waals surface area contributed by atoms with E-state index in [9.17, 15) is 39.3 Å². The second-order valence-electron chi connectivity index (χ2n) is 21.2. The van der Waals surface area contributed by atoms with E-state index in [1.807, 2.05) is 39.0 Å². The summed E-state index contributed by atoms with van der Waals surface area (Å²) in [6.07, 6.45) is 4.87. The quantitative estimate of drug-likeness (QED) is 0.0804. The van der Waals surface area contributed by atoms with Crippen LogP contribution in [0.25, 0.3) is 0 Å². The molecule has 0 radical (unpaired) electrons. The first kappa shape index (κ1) is 62.4. The molecule has 2 aromatic carbocycles. The minimum Gasteiger partial charge on any atom is -0.481 e. The average molecular weight is 1100 g/mol. The molecule has 6 rings (SSSR count). The van der Waals surface area contributed by atoms with E-state index in [0.29, 0.717) is 83.9 Å². The highest BCUT2D eigenvalue weighted by Crippen LogP contribution is 2.40. The normalized spacial score (nSPS) is 33.3. The van der Waals surface area contributed by atoms with E-state index < -0.39 is 89.8 Å². The molecule has 1 aliphatic carbocycles. The van der Waals surface area contributed by atoms with Gasteiger partial charge in [-0.1, -0.05) is 92.0 Å². The molecule has 1 amide bonds. The third kappa shape index (κ3) is 16.1. The molecule has 3 aliphatic heterocycles. The number of aliphatic hydroxyl groups is 3. The average Bonchev–Trinajstić information content (AvgIpc) is 3.38. The summed E-state index contributed by atoms with van der Waals surface area (Å²) in [4.78, 5) is 68.6. The number of rotatable bonds is 11. The number of carbonyl (C=O) groups excluding carboxylic acids is 4. The summed E-state index contributed by atoms with van der Waals surface area (Å²) in [6, 6.07) is 11.2. The summed E-state index contributed by atoms with van der Waals surface area (Å²) in [7, 11) is 4.61. The van der Waals surface area contributed by atoms with Gasteiger partial charge in [0.05, 0.1) is 52.7 Å². The van der Waals surface area contributed by atoms with Crippen molar-refractivity contribution < 1.29 is 68.1 Å². The van der Waals surface area contributed by atoms with E-state index in [4.69, 9.17) is 52.0 Å². The van der Waals surface area contributed by atoms with Crippen LogP contribution in [0.2, 0.25) is 10.0 Å². The number of carboxylic acid groups (broad SMARTS) is 1. The van der Waals surface area contributed by atoms with Crippen LogP contribution in [0.4, 0.5) is 11.4 Å². The maximum absolute atomic E-state index is 14.3. The number of cyclic esters (lactones) is 1. The number of aliphatic carboxylic acids is 1. The van der Waals surface area contributed by atoms with Gasteiger partial charge in [0.2, 0.25) is 5.79 Å². The summed E-state index contributed by atoms with van der Waals surface area (Å²) in [6.45, 7) is 13.1. The third-order valence-electron chi connectivity index (χ3n) is 15.5. The van der Waals surface area contributed by atoms with Crippen molar-refractivity contribution in [3.05, 3.63) is 94.0 Å². The number of hydrogen-bond donors (Lipinski definition) is 5. The van der Waals surface area contributed by atoms with Crippen LogP contribution in [0.5, 0.6) is 0 Å². The van der Waals surface area contributed by atoms with Crippen LogP contribution in [-0.4, -0.2) is 137 Å². The van der Waals surface area contributed by atoms with Crippen LogP contribution in [-0.2, 0) is 54.1 Å². The molecule has 2 aromatic rings. The van der Waals surface area contributed by atoms with Gasteiger partial charge in [0.25, 0.3) is 11.7 Å². The van der Waals surface area contributed by atoms with Crippen molar-refractivity contribution in [3.8, 4) is 0 Å². The molecule has 2 saturated heterocycles. The first-order chi connectivity index (χ1) is 36.1. The fraction of sp³-hybridized carbons (Fsp3) is 0.603. The highest BCUT2D eigenvalue weighted by molar-refractivity contribution is 6.39. The number of halogens is 2. The van der Waals surface area contributed by atoms with Crippen LogP contribution in [0.3, 0.4) is 0 Å². The number of para-hydroxylation sites is 2. The molecule has 3 fully saturated rings. The van der Waals surface area contributed by atoms with Gasteiger partial charge < -0.3 is 54.3 Å². The lowest BCUT2D eigenvalue weighted by Gasteiger charge is -2.47. The Hall–Kier alpha value is -4.49. The number of fused-ring (bicyclic) bond motifs is 3. The number of piperidine rings is 1. The van der Waals surface area contributed by atoms with Gasteiger partial charge in [0.1, 0.15) is 24.0 Å². The summed E-state index contributed by atoms with van der Waals surface area (Å²) >= 11 is 12.1. The number of hydrogen-bond acceptors (Lipinski definition) is 14. The number of aliphatic hydroxyl groups excluding tert-OH is 2. The molecule has 420 valence electrons. The van der Waals surface area contributed by atoms with E-state index >= 15 is 0 Å². The van der Waals surface area contributed by atoms with Crippen molar-refractivity contribution in [2.45, 2.75) is 166 Å². The molecular formula is C58H80Cl2N2O14. The molecule has 2 bridgehead atoms. The second kappa shape index (κ2) is 28.9. The van der Waals surface area contributed by atoms with E-state index in [-0.39, 0.29) is 56.0 Å². The number of esters is 1. The number of nitrogens with one attached hydrogen (secondary N) is 1. The Morgan fingerprint density at radius 1 is 0.882 bits per heavy atom. The molecule has 5 N–H and O–H groups in total. The molecule has 0 spiro atoms. The Bertz CT molecular complexity index is 2380. The van der Waals surface area contributed by atoms with Gasteiger partial charge in [0.15, 0.2) is 0 Å². The number of anilines is 2. The van der Waals surface area contributed by atoms with Gasteiger partial charge in [-0.05, 0) is 119 Å². The van der Waals surface area contributed by atoms with Crippen LogP contribution >= 0.6 is 23.2 Å². The van der Waals surface area contributed by atoms with E-state index in [1.54, 1.807) is 63.4 Å². The lowest BCUT2D eigenvalue weighted by Crippen LogP contribution is -2.64. The Morgan fingerprint density at radius 3 is 2.18 bits per heavy atom. The largest absolute Gasteiger partial charge is 0.481 e. The number of nitrogens with zero attached hydrogens (tertiary/aromatic N) is 1. The van der Waals surface area contributed by atoms with Crippen LogP contribution in [0.15, 0.2) is 78.4 Å². The van der Waals surface area contributed by atoms with Gasteiger partial charge in [-0.2, -0.15) is 0 Å². The molecule has 16 nitrogen and oxygen atoms in total. The highest BCUT2D eigenvalue weighted by Gasteiger charge is 2.56. The number of amides is 1. The topological polar surface area (TPSA) is 228 Å². The second-order valence-corrected chi connectivity index (χ2v) is 22.0. The number of ketones is 2. The van der Waals surface area contributed by atoms with Crippen molar-refractivity contribution in [1.29, 1.82) is 0 Å².